The highest BCUT2D eigenvalue weighted by molar-refractivity contribution is 9.10. The van der Waals surface area contributed by atoms with E-state index < -0.39 is 10.2 Å². The lowest BCUT2D eigenvalue weighted by Gasteiger charge is -2.11. The van der Waals surface area contributed by atoms with Crippen LogP contribution in [0.4, 0.5) is 5.69 Å². The molecule has 96 valence electrons. The van der Waals surface area contributed by atoms with Gasteiger partial charge in [0.05, 0.1) is 5.69 Å². The van der Waals surface area contributed by atoms with E-state index in [4.69, 9.17) is 11.6 Å². The number of nitrogens with one attached hydrogen (secondary N) is 2. The molecule has 1 rings (SSSR count). The van der Waals surface area contributed by atoms with E-state index in [0.29, 0.717) is 21.7 Å². The van der Waals surface area contributed by atoms with Gasteiger partial charge < -0.3 is 0 Å². The highest BCUT2D eigenvalue weighted by Crippen LogP contribution is 2.29. The smallest absolute Gasteiger partial charge is 0.270 e. The first kappa shape index (κ1) is 14.8. The summed E-state index contributed by atoms with van der Waals surface area (Å²) in [5.74, 6) is 0. The van der Waals surface area contributed by atoms with Crippen LogP contribution in [-0.2, 0) is 10.2 Å². The normalized spacial score (nSPS) is 11.5. The van der Waals surface area contributed by atoms with Crippen molar-refractivity contribution in [1.29, 1.82) is 0 Å². The van der Waals surface area contributed by atoms with E-state index in [2.05, 4.69) is 25.4 Å². The zero-order valence-electron chi connectivity index (χ0n) is 9.55. The van der Waals surface area contributed by atoms with Gasteiger partial charge in [-0.2, -0.15) is 13.1 Å². The van der Waals surface area contributed by atoms with Gasteiger partial charge >= 0.3 is 0 Å². The Labute approximate surface area is 115 Å². The van der Waals surface area contributed by atoms with Crippen LogP contribution in [0.5, 0.6) is 0 Å². The fourth-order valence-corrected chi connectivity index (χ4v) is 3.00. The van der Waals surface area contributed by atoms with Crippen molar-refractivity contribution < 1.29 is 8.42 Å². The summed E-state index contributed by atoms with van der Waals surface area (Å²) in [6, 6.07) is 3.34. The van der Waals surface area contributed by atoms with Gasteiger partial charge in [-0.1, -0.05) is 18.5 Å². The molecule has 1 aromatic carbocycles. The average molecular weight is 342 g/mol. The van der Waals surface area contributed by atoms with E-state index in [1.54, 1.807) is 12.1 Å². The molecule has 0 unspecified atom stereocenters. The Morgan fingerprint density at radius 1 is 1.41 bits per heavy atom. The van der Waals surface area contributed by atoms with Crippen molar-refractivity contribution in [2.24, 2.45) is 0 Å². The summed E-state index contributed by atoms with van der Waals surface area (Å²) < 4.78 is 28.7. The van der Waals surface area contributed by atoms with Crippen LogP contribution in [0.1, 0.15) is 18.9 Å². The van der Waals surface area contributed by atoms with E-state index in [1.165, 1.54) is 0 Å². The predicted octanol–water partition coefficient (Wildman–Crippen LogP) is 3.07. The van der Waals surface area contributed by atoms with Crippen LogP contribution in [0.25, 0.3) is 0 Å². The molecular formula is C10H14BrClN2O2S. The molecule has 0 aliphatic heterocycles. The third-order valence-corrected chi connectivity index (χ3v) is 4.17. The highest BCUT2D eigenvalue weighted by atomic mass is 79.9. The summed E-state index contributed by atoms with van der Waals surface area (Å²) in [5.41, 5.74) is 1.30. The zero-order chi connectivity index (χ0) is 13.1. The SMILES string of the molecule is CCCNS(=O)(=O)Nc1cc(Cl)c(C)cc1Br. The third-order valence-electron chi connectivity index (χ3n) is 2.03. The Morgan fingerprint density at radius 3 is 2.65 bits per heavy atom. The fraction of sp³-hybridized carbons (Fsp3) is 0.400. The van der Waals surface area contributed by atoms with Crippen LogP contribution < -0.4 is 9.44 Å². The molecule has 0 atom stereocenters. The molecule has 0 bridgehead atoms. The molecule has 0 fully saturated rings. The maximum Gasteiger partial charge on any atom is 0.299 e. The van der Waals surface area contributed by atoms with Gasteiger partial charge in [0.2, 0.25) is 0 Å². The third kappa shape index (κ3) is 4.46. The maximum atomic E-state index is 11.6. The number of aryl methyl sites for hydroxylation is 1. The van der Waals surface area contributed by atoms with Crippen molar-refractivity contribution in [2.75, 3.05) is 11.3 Å². The number of halogens is 2. The van der Waals surface area contributed by atoms with Gasteiger partial charge in [0.15, 0.2) is 0 Å². The number of anilines is 1. The molecule has 0 heterocycles. The van der Waals surface area contributed by atoms with Crippen molar-refractivity contribution >= 4 is 43.4 Å². The Bertz CT molecular complexity index is 505. The van der Waals surface area contributed by atoms with Crippen molar-refractivity contribution in [3.8, 4) is 0 Å². The number of benzene rings is 1. The van der Waals surface area contributed by atoms with Crippen molar-refractivity contribution in [1.82, 2.24) is 4.72 Å². The van der Waals surface area contributed by atoms with Crippen LogP contribution in [0.2, 0.25) is 5.02 Å². The maximum absolute atomic E-state index is 11.6. The molecule has 17 heavy (non-hydrogen) atoms. The Morgan fingerprint density at radius 2 is 2.06 bits per heavy atom. The first-order valence-electron chi connectivity index (χ1n) is 5.08. The molecule has 7 heteroatoms. The molecule has 0 radical (unpaired) electrons. The molecule has 2 N–H and O–H groups in total. The van der Waals surface area contributed by atoms with Crippen molar-refractivity contribution in [2.45, 2.75) is 20.3 Å². The minimum atomic E-state index is -3.54. The first-order chi connectivity index (χ1) is 7.85. The molecule has 0 spiro atoms. The lowest BCUT2D eigenvalue weighted by molar-refractivity contribution is 0.586. The molecule has 0 amide bonds. The second kappa shape index (κ2) is 6.04. The number of rotatable bonds is 5. The van der Waals surface area contributed by atoms with E-state index in [1.807, 2.05) is 13.8 Å². The van der Waals surface area contributed by atoms with Gasteiger partial charge in [-0.15, -0.1) is 0 Å². The van der Waals surface area contributed by atoms with Crippen LogP contribution in [0, 0.1) is 6.92 Å². The lowest BCUT2D eigenvalue weighted by Crippen LogP contribution is -2.30. The van der Waals surface area contributed by atoms with Gasteiger partial charge in [0.25, 0.3) is 10.2 Å². The van der Waals surface area contributed by atoms with E-state index in [0.717, 1.165) is 12.0 Å². The molecule has 0 aliphatic rings. The fourth-order valence-electron chi connectivity index (χ4n) is 1.14. The van der Waals surface area contributed by atoms with Gasteiger partial charge in [0, 0.05) is 16.0 Å². The Balaban J connectivity index is 2.92. The quantitative estimate of drug-likeness (QED) is 0.864. The number of hydrogen-bond donors (Lipinski definition) is 2. The molecule has 0 aromatic heterocycles. The van der Waals surface area contributed by atoms with Crippen LogP contribution in [0.3, 0.4) is 0 Å². The average Bonchev–Trinajstić information content (AvgIpc) is 2.23. The summed E-state index contributed by atoms with van der Waals surface area (Å²) >= 11 is 9.23. The zero-order valence-corrected chi connectivity index (χ0v) is 12.7. The minimum Gasteiger partial charge on any atom is -0.270 e. The topological polar surface area (TPSA) is 58.2 Å². The molecule has 0 saturated heterocycles. The Hall–Kier alpha value is -0.300. The second-order valence-electron chi connectivity index (χ2n) is 3.58. The summed E-state index contributed by atoms with van der Waals surface area (Å²) in [5, 5.41) is 0.515. The predicted molar refractivity (Wildman–Crippen MR) is 74.7 cm³/mol. The summed E-state index contributed by atoms with van der Waals surface area (Å²) in [6.07, 6.45) is 0.733. The van der Waals surface area contributed by atoms with Crippen molar-refractivity contribution in [3.05, 3.63) is 27.2 Å². The van der Waals surface area contributed by atoms with Crippen LogP contribution in [-0.4, -0.2) is 15.0 Å². The standard InChI is InChI=1S/C10H14BrClN2O2S/c1-3-4-13-17(15,16)14-10-6-9(12)7(2)5-8(10)11/h5-6,13-14H,3-4H2,1-2H3. The van der Waals surface area contributed by atoms with Gasteiger partial charge in [0.1, 0.15) is 0 Å². The second-order valence-corrected chi connectivity index (χ2v) is 6.34. The van der Waals surface area contributed by atoms with E-state index in [9.17, 15) is 8.42 Å². The number of hydrogen-bond acceptors (Lipinski definition) is 2. The Kier molecular flexibility index (Phi) is 5.24. The molecular weight excluding hydrogens is 328 g/mol. The largest absolute Gasteiger partial charge is 0.299 e. The molecule has 1 aromatic rings. The van der Waals surface area contributed by atoms with Gasteiger partial charge in [-0.3, -0.25) is 4.72 Å². The van der Waals surface area contributed by atoms with E-state index >= 15 is 0 Å². The molecule has 0 aliphatic carbocycles. The highest BCUT2D eigenvalue weighted by Gasteiger charge is 2.12. The van der Waals surface area contributed by atoms with E-state index in [-0.39, 0.29) is 0 Å². The van der Waals surface area contributed by atoms with Crippen LogP contribution in [0.15, 0.2) is 16.6 Å². The van der Waals surface area contributed by atoms with Crippen LogP contribution >= 0.6 is 27.5 Å². The summed E-state index contributed by atoms with van der Waals surface area (Å²) in [4.78, 5) is 0. The lowest BCUT2D eigenvalue weighted by atomic mass is 10.2. The van der Waals surface area contributed by atoms with Gasteiger partial charge in [-0.25, -0.2) is 0 Å². The van der Waals surface area contributed by atoms with Gasteiger partial charge in [-0.05, 0) is 47.0 Å². The summed E-state index contributed by atoms with van der Waals surface area (Å²) in [6.45, 7) is 4.13. The summed E-state index contributed by atoms with van der Waals surface area (Å²) in [7, 11) is -3.54. The minimum absolute atomic E-state index is 0.395. The monoisotopic (exact) mass is 340 g/mol. The molecule has 0 saturated carbocycles. The van der Waals surface area contributed by atoms with Crippen molar-refractivity contribution in [3.63, 3.8) is 0 Å². The molecule has 4 nitrogen and oxygen atoms in total. The first-order valence-corrected chi connectivity index (χ1v) is 7.74.